The van der Waals surface area contributed by atoms with Gasteiger partial charge in [-0.25, -0.2) is 4.79 Å². The number of aliphatic hydroxyl groups is 1. The molecule has 0 radical (unpaired) electrons. The van der Waals surface area contributed by atoms with E-state index in [1.807, 2.05) is 11.8 Å². The Kier molecular flexibility index (Phi) is 22.0. The number of piperidine rings is 1. The van der Waals surface area contributed by atoms with Gasteiger partial charge in [0, 0.05) is 12.3 Å². The van der Waals surface area contributed by atoms with Gasteiger partial charge in [0.1, 0.15) is 0 Å². The predicted molar refractivity (Wildman–Crippen MR) is 150 cm³/mol. The number of carboxylic acid groups (broad SMARTS) is 3. The summed E-state index contributed by atoms with van der Waals surface area (Å²) in [4.78, 5) is 44.6. The van der Waals surface area contributed by atoms with E-state index in [0.717, 1.165) is 25.4 Å². The van der Waals surface area contributed by atoms with Crippen LogP contribution in [0.25, 0.3) is 0 Å². The molecule has 0 aromatic heterocycles. The van der Waals surface area contributed by atoms with Crippen molar-refractivity contribution in [3.8, 4) is 0 Å². The van der Waals surface area contributed by atoms with Gasteiger partial charge in [-0.3, -0.25) is 19.3 Å². The largest absolute Gasteiger partial charge is 0.481 e. The van der Waals surface area contributed by atoms with E-state index in [2.05, 4.69) is 17.1 Å². The fourth-order valence-corrected chi connectivity index (χ4v) is 5.01. The molecule has 1 heterocycles. The van der Waals surface area contributed by atoms with E-state index in [0.29, 0.717) is 6.54 Å². The van der Waals surface area contributed by atoms with Crippen LogP contribution in [0.2, 0.25) is 0 Å². The highest BCUT2D eigenvalue weighted by atomic mass is 32.2. The average molecular weight is 563 g/mol. The first-order valence-corrected chi connectivity index (χ1v) is 15.2. The zero-order chi connectivity index (χ0) is 28.7. The molecule has 11 heteroatoms. The Bertz CT molecular complexity index is 655. The maximum atomic E-state index is 11.9. The predicted octanol–water partition coefficient (Wildman–Crippen LogP) is 3.99. The van der Waals surface area contributed by atoms with Crippen LogP contribution in [0.4, 0.5) is 0 Å². The van der Waals surface area contributed by atoms with Crippen LogP contribution in [0.5, 0.6) is 0 Å². The fraction of sp³-hybridized carbons (Fsp3) is 0.852. The highest BCUT2D eigenvalue weighted by Crippen LogP contribution is 2.16. The monoisotopic (exact) mass is 562 g/mol. The number of aliphatic carboxylic acids is 3. The number of amides is 1. The Labute approximate surface area is 231 Å². The molecule has 0 unspecified atom stereocenters. The maximum absolute atomic E-state index is 11.9. The molecule has 1 amide bonds. The fourth-order valence-electron chi connectivity index (χ4n) is 4.15. The van der Waals surface area contributed by atoms with Gasteiger partial charge in [-0.1, -0.05) is 71.1 Å². The van der Waals surface area contributed by atoms with E-state index in [9.17, 15) is 19.2 Å². The first-order valence-electron chi connectivity index (χ1n) is 14.1. The summed E-state index contributed by atoms with van der Waals surface area (Å²) in [5.74, 6) is -2.50. The number of likely N-dealkylation sites (tertiary alicyclic amines) is 1. The Morgan fingerprint density at radius 3 is 1.74 bits per heavy atom. The van der Waals surface area contributed by atoms with E-state index in [-0.39, 0.29) is 5.91 Å². The van der Waals surface area contributed by atoms with Crippen LogP contribution in [0.15, 0.2) is 0 Å². The molecule has 1 aliphatic rings. The highest BCUT2D eigenvalue weighted by molar-refractivity contribution is 7.99. The first-order chi connectivity index (χ1) is 18.1. The van der Waals surface area contributed by atoms with Gasteiger partial charge in [0.2, 0.25) is 5.91 Å². The van der Waals surface area contributed by atoms with E-state index >= 15 is 0 Å². The topological polar surface area (TPSA) is 164 Å². The smallest absolute Gasteiger partial charge is 0.336 e. The number of hydrogen-bond donors (Lipinski definition) is 5. The number of rotatable bonds is 21. The third kappa shape index (κ3) is 21.1. The molecule has 222 valence electrons. The van der Waals surface area contributed by atoms with E-state index in [1.54, 1.807) is 0 Å². The normalized spacial score (nSPS) is 13.8. The van der Waals surface area contributed by atoms with Crippen molar-refractivity contribution in [2.45, 2.75) is 109 Å². The van der Waals surface area contributed by atoms with E-state index in [1.165, 1.54) is 89.2 Å². The minimum absolute atomic E-state index is 0.210. The van der Waals surface area contributed by atoms with Gasteiger partial charge >= 0.3 is 17.9 Å². The lowest BCUT2D eigenvalue weighted by Crippen LogP contribution is -2.42. The van der Waals surface area contributed by atoms with Crippen molar-refractivity contribution >= 4 is 35.6 Å². The Morgan fingerprint density at radius 2 is 1.26 bits per heavy atom. The standard InChI is InChI=1S/C21H42N2OS.C6H8O7/c1-2-3-4-5-6-7-8-9-10-14-18-25-19-15-22-21(24)20-23-16-12-11-13-17-23;7-3(8)1-6(13,5(11)12)2-4(9)10/h2-20H2,1H3,(H,22,24);13H,1-2H2,(H,7,8)(H,9,10)(H,11,12). The number of carbonyl (C=O) groups excluding carboxylic acids is 1. The van der Waals surface area contributed by atoms with Gasteiger partial charge in [-0.15, -0.1) is 0 Å². The summed E-state index contributed by atoms with van der Waals surface area (Å²) < 4.78 is 0. The number of nitrogens with zero attached hydrogens (tertiary/aromatic N) is 1. The Balaban J connectivity index is 0.000000889. The van der Waals surface area contributed by atoms with Crippen molar-refractivity contribution in [1.29, 1.82) is 0 Å². The first kappa shape index (κ1) is 36.1. The number of nitrogens with one attached hydrogen (secondary N) is 1. The lowest BCUT2D eigenvalue weighted by molar-refractivity contribution is -0.170. The Morgan fingerprint density at radius 1 is 0.763 bits per heavy atom. The van der Waals surface area contributed by atoms with Crippen LogP contribution >= 0.6 is 11.8 Å². The molecule has 1 fully saturated rings. The molecule has 1 saturated heterocycles. The second-order valence-corrected chi connectivity index (χ2v) is 11.2. The molecule has 5 N–H and O–H groups in total. The number of carbonyl (C=O) groups is 4. The van der Waals surface area contributed by atoms with Crippen LogP contribution < -0.4 is 5.32 Å². The molecule has 0 bridgehead atoms. The van der Waals surface area contributed by atoms with Crippen LogP contribution in [0.1, 0.15) is 103 Å². The zero-order valence-electron chi connectivity index (χ0n) is 23.1. The van der Waals surface area contributed by atoms with Gasteiger partial charge in [0.25, 0.3) is 0 Å². The summed E-state index contributed by atoms with van der Waals surface area (Å²) in [6, 6.07) is 0. The minimum Gasteiger partial charge on any atom is -0.481 e. The quantitative estimate of drug-likeness (QED) is 0.129. The maximum Gasteiger partial charge on any atom is 0.336 e. The van der Waals surface area contributed by atoms with Crippen LogP contribution in [0.3, 0.4) is 0 Å². The highest BCUT2D eigenvalue weighted by Gasteiger charge is 2.40. The average Bonchev–Trinajstić information content (AvgIpc) is 2.84. The molecule has 38 heavy (non-hydrogen) atoms. The number of hydrogen-bond acceptors (Lipinski definition) is 7. The van der Waals surface area contributed by atoms with E-state index < -0.39 is 36.4 Å². The van der Waals surface area contributed by atoms with Crippen molar-refractivity contribution in [1.82, 2.24) is 10.2 Å². The molecule has 10 nitrogen and oxygen atoms in total. The lowest BCUT2D eigenvalue weighted by Gasteiger charge is -2.25. The van der Waals surface area contributed by atoms with Gasteiger partial charge < -0.3 is 25.7 Å². The van der Waals surface area contributed by atoms with Crippen molar-refractivity contribution in [2.75, 3.05) is 37.7 Å². The number of thioether (sulfide) groups is 1. The molecule has 0 aromatic rings. The number of carboxylic acids is 3. The minimum atomic E-state index is -2.74. The number of unbranched alkanes of at least 4 members (excludes halogenated alkanes) is 9. The SMILES string of the molecule is CCCCCCCCCCCCSCCNC(=O)CN1CCCCC1.O=C(O)CC(O)(CC(=O)O)C(=O)O. The second-order valence-electron chi connectivity index (χ2n) is 9.96. The molecule has 1 rings (SSSR count). The summed E-state index contributed by atoms with van der Waals surface area (Å²) >= 11 is 1.99. The lowest BCUT2D eigenvalue weighted by atomic mass is 9.96. The van der Waals surface area contributed by atoms with Crippen molar-refractivity contribution in [3.63, 3.8) is 0 Å². The van der Waals surface area contributed by atoms with Crippen LogP contribution in [-0.2, 0) is 19.2 Å². The molecule has 0 atom stereocenters. The zero-order valence-corrected chi connectivity index (χ0v) is 23.9. The van der Waals surface area contributed by atoms with Crippen LogP contribution in [0, 0.1) is 0 Å². The summed E-state index contributed by atoms with van der Waals surface area (Å²) in [5.41, 5.74) is -2.74. The van der Waals surface area contributed by atoms with Crippen molar-refractivity contribution in [2.24, 2.45) is 0 Å². The molecule has 0 aromatic carbocycles. The molecule has 0 spiro atoms. The van der Waals surface area contributed by atoms with Gasteiger partial charge in [-0.05, 0) is 38.1 Å². The third-order valence-electron chi connectivity index (χ3n) is 6.31. The molecular weight excluding hydrogens is 512 g/mol. The van der Waals surface area contributed by atoms with Gasteiger partial charge in [-0.2, -0.15) is 11.8 Å². The second kappa shape index (κ2) is 23.1. The summed E-state index contributed by atoms with van der Waals surface area (Å²) in [6.07, 6.45) is 15.6. The summed E-state index contributed by atoms with van der Waals surface area (Å²) in [5, 5.41) is 36.9. The van der Waals surface area contributed by atoms with Crippen molar-refractivity contribution < 1.29 is 39.6 Å². The van der Waals surface area contributed by atoms with Crippen molar-refractivity contribution in [3.05, 3.63) is 0 Å². The summed E-state index contributed by atoms with van der Waals surface area (Å²) in [7, 11) is 0. The molecule has 0 saturated carbocycles. The molecular formula is C27H50N2O8S. The molecule has 1 aliphatic heterocycles. The Hall–Kier alpha value is -1.85. The van der Waals surface area contributed by atoms with Gasteiger partial charge in [0.05, 0.1) is 19.4 Å². The van der Waals surface area contributed by atoms with Crippen LogP contribution in [-0.4, -0.2) is 92.4 Å². The van der Waals surface area contributed by atoms with E-state index in [4.69, 9.17) is 20.4 Å². The van der Waals surface area contributed by atoms with Gasteiger partial charge in [0.15, 0.2) is 5.60 Å². The molecule has 0 aliphatic carbocycles. The third-order valence-corrected chi connectivity index (χ3v) is 7.38. The summed E-state index contributed by atoms with van der Waals surface area (Å²) in [6.45, 7) is 5.90.